The Balaban J connectivity index is 1.90. The van der Waals surface area contributed by atoms with Crippen LogP contribution in [0.15, 0.2) is 42.5 Å². The molecule has 20 heavy (non-hydrogen) atoms. The smallest absolute Gasteiger partial charge is 0.224 e. The third kappa shape index (κ3) is 4.05. The molecule has 0 aliphatic heterocycles. The number of amides is 1. The summed E-state index contributed by atoms with van der Waals surface area (Å²) in [5.41, 5.74) is 6.36. The largest absolute Gasteiger partial charge is 0.378 e. The standard InChI is InChI=1S/C16H20N2O2/c17-8-10-20-11-9-18-16(19)12-14-6-3-5-13-4-1-2-7-15(13)14/h1-7H,8-12,17H2,(H,18,19). The highest BCUT2D eigenvalue weighted by atomic mass is 16.5. The molecule has 0 atom stereocenters. The lowest BCUT2D eigenvalue weighted by atomic mass is 10.0. The van der Waals surface area contributed by atoms with Crippen LogP contribution in [0.3, 0.4) is 0 Å². The molecule has 3 N–H and O–H groups in total. The van der Waals surface area contributed by atoms with E-state index in [1.54, 1.807) is 0 Å². The summed E-state index contributed by atoms with van der Waals surface area (Å²) in [5, 5.41) is 5.14. The van der Waals surface area contributed by atoms with Gasteiger partial charge in [0.05, 0.1) is 19.6 Å². The van der Waals surface area contributed by atoms with Gasteiger partial charge in [0.1, 0.15) is 0 Å². The van der Waals surface area contributed by atoms with Gasteiger partial charge in [-0.05, 0) is 16.3 Å². The van der Waals surface area contributed by atoms with Crippen molar-refractivity contribution in [2.75, 3.05) is 26.3 Å². The fourth-order valence-electron chi connectivity index (χ4n) is 2.13. The number of benzene rings is 2. The first-order chi connectivity index (χ1) is 9.81. The molecule has 2 rings (SSSR count). The van der Waals surface area contributed by atoms with Crippen LogP contribution in [0.1, 0.15) is 5.56 Å². The molecule has 0 aliphatic rings. The van der Waals surface area contributed by atoms with E-state index in [-0.39, 0.29) is 5.91 Å². The number of fused-ring (bicyclic) bond motifs is 1. The van der Waals surface area contributed by atoms with Crippen LogP contribution in [-0.2, 0) is 16.0 Å². The number of ether oxygens (including phenoxy) is 1. The Morgan fingerprint density at radius 2 is 1.90 bits per heavy atom. The van der Waals surface area contributed by atoms with Crippen molar-refractivity contribution in [2.45, 2.75) is 6.42 Å². The van der Waals surface area contributed by atoms with Crippen LogP contribution in [0.25, 0.3) is 10.8 Å². The summed E-state index contributed by atoms with van der Waals surface area (Å²) in [7, 11) is 0. The Kier molecular flexibility index (Phi) is 5.53. The van der Waals surface area contributed by atoms with Gasteiger partial charge in [-0.1, -0.05) is 42.5 Å². The molecule has 106 valence electrons. The zero-order chi connectivity index (χ0) is 14.2. The van der Waals surface area contributed by atoms with Crippen LogP contribution in [0.5, 0.6) is 0 Å². The van der Waals surface area contributed by atoms with E-state index in [4.69, 9.17) is 10.5 Å². The number of carbonyl (C=O) groups excluding carboxylic acids is 1. The number of hydrogen-bond donors (Lipinski definition) is 2. The Labute approximate surface area is 118 Å². The zero-order valence-corrected chi connectivity index (χ0v) is 11.5. The van der Waals surface area contributed by atoms with Crippen LogP contribution < -0.4 is 11.1 Å². The molecule has 0 saturated carbocycles. The van der Waals surface area contributed by atoms with Crippen molar-refractivity contribution < 1.29 is 9.53 Å². The van der Waals surface area contributed by atoms with Gasteiger partial charge < -0.3 is 15.8 Å². The first kappa shape index (κ1) is 14.5. The first-order valence-electron chi connectivity index (χ1n) is 6.82. The minimum absolute atomic E-state index is 0.0118. The van der Waals surface area contributed by atoms with Crippen molar-refractivity contribution in [1.29, 1.82) is 0 Å². The maximum atomic E-state index is 11.9. The van der Waals surface area contributed by atoms with Crippen LogP contribution in [0, 0.1) is 0 Å². The predicted octanol–water partition coefficient (Wildman–Crippen LogP) is 1.47. The topological polar surface area (TPSA) is 64.3 Å². The molecule has 0 fully saturated rings. The third-order valence-corrected chi connectivity index (χ3v) is 3.06. The molecular weight excluding hydrogens is 252 g/mol. The molecule has 0 spiro atoms. The lowest BCUT2D eigenvalue weighted by Gasteiger charge is -2.08. The normalized spacial score (nSPS) is 10.7. The van der Waals surface area contributed by atoms with Crippen molar-refractivity contribution in [3.63, 3.8) is 0 Å². The van der Waals surface area contributed by atoms with Gasteiger partial charge in [-0.25, -0.2) is 0 Å². The summed E-state index contributed by atoms with van der Waals surface area (Å²) in [6, 6.07) is 14.1. The molecule has 4 heteroatoms. The number of nitrogens with two attached hydrogens (primary N) is 1. The minimum Gasteiger partial charge on any atom is -0.378 e. The monoisotopic (exact) mass is 272 g/mol. The van der Waals surface area contributed by atoms with Gasteiger partial charge in [0.25, 0.3) is 0 Å². The van der Waals surface area contributed by atoms with Gasteiger partial charge in [0.15, 0.2) is 0 Å². The van der Waals surface area contributed by atoms with Crippen LogP contribution >= 0.6 is 0 Å². The van der Waals surface area contributed by atoms with Crippen molar-refractivity contribution in [1.82, 2.24) is 5.32 Å². The maximum Gasteiger partial charge on any atom is 0.224 e. The second-order valence-corrected chi connectivity index (χ2v) is 4.57. The predicted molar refractivity (Wildman–Crippen MR) is 80.5 cm³/mol. The first-order valence-corrected chi connectivity index (χ1v) is 6.82. The quantitative estimate of drug-likeness (QED) is 0.750. The number of nitrogens with one attached hydrogen (secondary N) is 1. The Hall–Kier alpha value is -1.91. The van der Waals surface area contributed by atoms with Crippen LogP contribution in [0.2, 0.25) is 0 Å². The highest BCUT2D eigenvalue weighted by Gasteiger charge is 2.06. The fraction of sp³-hybridized carbons (Fsp3) is 0.312. The molecule has 1 amide bonds. The van der Waals surface area contributed by atoms with E-state index >= 15 is 0 Å². The van der Waals surface area contributed by atoms with Gasteiger partial charge in [0.2, 0.25) is 5.91 Å². The Bertz CT molecular complexity index is 564. The van der Waals surface area contributed by atoms with Gasteiger partial charge in [-0.15, -0.1) is 0 Å². The lowest BCUT2D eigenvalue weighted by molar-refractivity contribution is -0.120. The molecular formula is C16H20N2O2. The van der Waals surface area contributed by atoms with Crippen molar-refractivity contribution in [3.8, 4) is 0 Å². The number of carbonyl (C=O) groups is 1. The highest BCUT2D eigenvalue weighted by molar-refractivity contribution is 5.90. The van der Waals surface area contributed by atoms with Crippen LogP contribution in [0.4, 0.5) is 0 Å². The molecule has 0 unspecified atom stereocenters. The third-order valence-electron chi connectivity index (χ3n) is 3.06. The average Bonchev–Trinajstić information content (AvgIpc) is 2.47. The second kappa shape index (κ2) is 7.62. The Morgan fingerprint density at radius 3 is 2.75 bits per heavy atom. The summed E-state index contributed by atoms with van der Waals surface area (Å²) in [5.74, 6) is 0.0118. The molecule has 0 aromatic heterocycles. The molecule has 2 aromatic rings. The summed E-state index contributed by atoms with van der Waals surface area (Å²) in [6.45, 7) is 2.05. The van der Waals surface area contributed by atoms with E-state index in [1.807, 2.05) is 30.3 Å². The molecule has 4 nitrogen and oxygen atoms in total. The van der Waals surface area contributed by atoms with Crippen molar-refractivity contribution >= 4 is 16.7 Å². The molecule has 0 bridgehead atoms. The number of hydrogen-bond acceptors (Lipinski definition) is 3. The summed E-state index contributed by atoms with van der Waals surface area (Å²) >= 11 is 0. The molecule has 0 heterocycles. The average molecular weight is 272 g/mol. The fourth-order valence-corrected chi connectivity index (χ4v) is 2.13. The van der Waals surface area contributed by atoms with Crippen molar-refractivity contribution in [3.05, 3.63) is 48.0 Å². The lowest BCUT2D eigenvalue weighted by Crippen LogP contribution is -2.29. The number of rotatable bonds is 7. The highest BCUT2D eigenvalue weighted by Crippen LogP contribution is 2.18. The molecule has 2 aromatic carbocycles. The van der Waals surface area contributed by atoms with Crippen molar-refractivity contribution in [2.24, 2.45) is 5.73 Å². The second-order valence-electron chi connectivity index (χ2n) is 4.57. The van der Waals surface area contributed by atoms with E-state index in [1.165, 1.54) is 0 Å². The van der Waals surface area contributed by atoms with Gasteiger partial charge in [0, 0.05) is 13.1 Å². The van der Waals surface area contributed by atoms with E-state index in [0.29, 0.717) is 32.7 Å². The summed E-state index contributed by atoms with van der Waals surface area (Å²) in [6.07, 6.45) is 0.387. The van der Waals surface area contributed by atoms with Gasteiger partial charge in [-0.3, -0.25) is 4.79 Å². The summed E-state index contributed by atoms with van der Waals surface area (Å²) < 4.78 is 5.21. The van der Waals surface area contributed by atoms with Gasteiger partial charge >= 0.3 is 0 Å². The maximum absolute atomic E-state index is 11.9. The summed E-state index contributed by atoms with van der Waals surface area (Å²) in [4.78, 5) is 11.9. The van der Waals surface area contributed by atoms with E-state index in [0.717, 1.165) is 16.3 Å². The van der Waals surface area contributed by atoms with Gasteiger partial charge in [-0.2, -0.15) is 0 Å². The minimum atomic E-state index is 0.0118. The molecule has 0 aliphatic carbocycles. The van der Waals surface area contributed by atoms with Crippen LogP contribution in [-0.4, -0.2) is 32.2 Å². The zero-order valence-electron chi connectivity index (χ0n) is 11.5. The SMILES string of the molecule is NCCOCCNC(=O)Cc1cccc2ccccc12. The molecule has 0 radical (unpaired) electrons. The van der Waals surface area contributed by atoms with E-state index < -0.39 is 0 Å². The van der Waals surface area contributed by atoms with E-state index in [9.17, 15) is 4.79 Å². The van der Waals surface area contributed by atoms with E-state index in [2.05, 4.69) is 17.4 Å². The molecule has 0 saturated heterocycles. The Morgan fingerprint density at radius 1 is 1.10 bits per heavy atom.